The maximum Gasteiger partial charge on any atom is 0.240 e. The summed E-state index contributed by atoms with van der Waals surface area (Å²) in [5.74, 6) is -0.0487. The van der Waals surface area contributed by atoms with E-state index in [2.05, 4.69) is 10.6 Å². The summed E-state index contributed by atoms with van der Waals surface area (Å²) in [4.78, 5) is 27.3. The zero-order chi connectivity index (χ0) is 14.3. The molecule has 2 amide bonds. The van der Waals surface area contributed by atoms with Crippen LogP contribution in [0.5, 0.6) is 0 Å². The number of carbonyl (C=O) groups excluding carboxylic acids is 2. The summed E-state index contributed by atoms with van der Waals surface area (Å²) in [7, 11) is 5.05. The van der Waals surface area contributed by atoms with Crippen molar-refractivity contribution in [1.82, 2.24) is 20.4 Å². The van der Waals surface area contributed by atoms with Crippen LogP contribution in [-0.2, 0) is 14.3 Å². The van der Waals surface area contributed by atoms with Gasteiger partial charge in [-0.15, -0.1) is 0 Å². The second-order valence-electron chi connectivity index (χ2n) is 4.77. The Labute approximate surface area is 114 Å². The number of rotatable bonds is 6. The predicted octanol–water partition coefficient (Wildman–Crippen LogP) is -1.89. The van der Waals surface area contributed by atoms with Crippen LogP contribution in [0.25, 0.3) is 0 Å². The number of carbonyl (C=O) groups is 2. The number of nitrogens with one attached hydrogen (secondary N) is 2. The highest BCUT2D eigenvalue weighted by atomic mass is 16.5. The highest BCUT2D eigenvalue weighted by Crippen LogP contribution is 2.05. The van der Waals surface area contributed by atoms with Crippen LogP contribution < -0.4 is 10.6 Å². The summed E-state index contributed by atoms with van der Waals surface area (Å²) in [5, 5.41) is 5.95. The van der Waals surface area contributed by atoms with Gasteiger partial charge < -0.3 is 20.3 Å². The average molecular weight is 272 g/mol. The second-order valence-corrected chi connectivity index (χ2v) is 4.77. The summed E-state index contributed by atoms with van der Waals surface area (Å²) in [6.45, 7) is 3.31. The first-order valence-corrected chi connectivity index (χ1v) is 6.47. The smallest absolute Gasteiger partial charge is 0.240 e. The molecule has 0 bridgehead atoms. The molecule has 19 heavy (non-hydrogen) atoms. The lowest BCUT2D eigenvalue weighted by Gasteiger charge is -2.35. The number of likely N-dealkylation sites (N-methyl/N-ethyl adjacent to an activating group) is 1. The summed E-state index contributed by atoms with van der Waals surface area (Å²) in [5.41, 5.74) is 0. The molecular weight excluding hydrogens is 248 g/mol. The molecule has 0 radical (unpaired) electrons. The van der Waals surface area contributed by atoms with Crippen LogP contribution in [0.4, 0.5) is 0 Å². The van der Waals surface area contributed by atoms with E-state index < -0.39 is 0 Å². The van der Waals surface area contributed by atoms with Crippen molar-refractivity contribution in [3.05, 3.63) is 0 Å². The molecule has 1 fully saturated rings. The number of amides is 2. The van der Waals surface area contributed by atoms with Crippen LogP contribution in [-0.4, -0.2) is 88.2 Å². The molecule has 1 unspecified atom stereocenters. The lowest BCUT2D eigenvalue weighted by Crippen LogP contribution is -2.59. The number of hydrogen-bond donors (Lipinski definition) is 2. The quantitative estimate of drug-likeness (QED) is 0.553. The van der Waals surface area contributed by atoms with Gasteiger partial charge in [-0.3, -0.25) is 14.5 Å². The second kappa shape index (κ2) is 8.08. The van der Waals surface area contributed by atoms with E-state index in [1.165, 1.54) is 0 Å². The molecule has 1 rings (SSSR count). The fourth-order valence-corrected chi connectivity index (χ4v) is 2.01. The van der Waals surface area contributed by atoms with E-state index in [0.29, 0.717) is 26.2 Å². The summed E-state index contributed by atoms with van der Waals surface area (Å²) in [6, 6.07) is -0.267. The third kappa shape index (κ3) is 5.14. The number of piperazine rings is 1. The zero-order valence-electron chi connectivity index (χ0n) is 11.9. The maximum atomic E-state index is 12.0. The van der Waals surface area contributed by atoms with Gasteiger partial charge in [0.15, 0.2) is 0 Å². The van der Waals surface area contributed by atoms with Gasteiger partial charge in [0, 0.05) is 47.4 Å². The molecule has 1 aliphatic heterocycles. The number of hydrogen-bond acceptors (Lipinski definition) is 5. The molecular formula is C12H24N4O3. The minimum Gasteiger partial charge on any atom is -0.383 e. The predicted molar refractivity (Wildman–Crippen MR) is 71.8 cm³/mol. The average Bonchev–Trinajstić information content (AvgIpc) is 2.38. The van der Waals surface area contributed by atoms with Crippen molar-refractivity contribution in [2.75, 3.05) is 60.5 Å². The van der Waals surface area contributed by atoms with Gasteiger partial charge in [-0.05, 0) is 0 Å². The Hall–Kier alpha value is -1.18. The van der Waals surface area contributed by atoms with Crippen molar-refractivity contribution in [1.29, 1.82) is 0 Å². The Morgan fingerprint density at radius 2 is 2.21 bits per heavy atom. The van der Waals surface area contributed by atoms with Crippen LogP contribution >= 0.6 is 0 Å². The molecule has 7 nitrogen and oxygen atoms in total. The Morgan fingerprint density at radius 1 is 1.47 bits per heavy atom. The zero-order valence-corrected chi connectivity index (χ0v) is 11.9. The lowest BCUT2D eigenvalue weighted by molar-refractivity contribution is -0.136. The van der Waals surface area contributed by atoms with Crippen molar-refractivity contribution >= 4 is 11.8 Å². The van der Waals surface area contributed by atoms with E-state index in [9.17, 15) is 9.59 Å². The highest BCUT2D eigenvalue weighted by Gasteiger charge is 2.30. The fourth-order valence-electron chi connectivity index (χ4n) is 2.01. The van der Waals surface area contributed by atoms with Crippen LogP contribution in [0, 0.1) is 0 Å². The largest absolute Gasteiger partial charge is 0.383 e. The topological polar surface area (TPSA) is 73.9 Å². The fraction of sp³-hybridized carbons (Fsp3) is 0.833. The van der Waals surface area contributed by atoms with Crippen molar-refractivity contribution in [2.45, 2.75) is 6.04 Å². The van der Waals surface area contributed by atoms with Crippen molar-refractivity contribution < 1.29 is 14.3 Å². The molecule has 1 aliphatic rings. The molecule has 2 N–H and O–H groups in total. The normalized spacial score (nSPS) is 20.1. The van der Waals surface area contributed by atoms with Gasteiger partial charge in [0.05, 0.1) is 13.2 Å². The molecule has 1 heterocycles. The van der Waals surface area contributed by atoms with E-state index in [-0.39, 0.29) is 24.4 Å². The van der Waals surface area contributed by atoms with Gasteiger partial charge >= 0.3 is 0 Å². The van der Waals surface area contributed by atoms with Gasteiger partial charge in [0.1, 0.15) is 6.04 Å². The molecule has 1 atom stereocenters. The Kier molecular flexibility index (Phi) is 6.75. The van der Waals surface area contributed by atoms with E-state index in [0.717, 1.165) is 6.54 Å². The summed E-state index contributed by atoms with van der Waals surface area (Å²) in [6.07, 6.45) is 0. The molecule has 1 saturated heterocycles. The number of ether oxygens (including phenoxy) is 1. The first-order chi connectivity index (χ1) is 9.06. The van der Waals surface area contributed by atoms with Gasteiger partial charge in [-0.25, -0.2) is 0 Å². The van der Waals surface area contributed by atoms with Crippen LogP contribution in [0.2, 0.25) is 0 Å². The third-order valence-corrected chi connectivity index (χ3v) is 3.06. The Balaban J connectivity index is 2.48. The molecule has 0 saturated carbocycles. The molecule has 0 spiro atoms. The third-order valence-electron chi connectivity index (χ3n) is 3.06. The minimum absolute atomic E-state index is 0.0249. The Morgan fingerprint density at radius 3 is 2.84 bits per heavy atom. The van der Waals surface area contributed by atoms with Gasteiger partial charge in [-0.2, -0.15) is 0 Å². The molecule has 0 aliphatic carbocycles. The lowest BCUT2D eigenvalue weighted by atomic mass is 10.1. The first kappa shape index (κ1) is 15.9. The van der Waals surface area contributed by atoms with Crippen molar-refractivity contribution in [3.63, 3.8) is 0 Å². The summed E-state index contributed by atoms with van der Waals surface area (Å²) >= 11 is 0. The van der Waals surface area contributed by atoms with E-state index in [1.54, 1.807) is 26.1 Å². The van der Waals surface area contributed by atoms with Crippen molar-refractivity contribution in [2.24, 2.45) is 0 Å². The maximum absolute atomic E-state index is 12.0. The van der Waals surface area contributed by atoms with Crippen molar-refractivity contribution in [3.8, 4) is 0 Å². The van der Waals surface area contributed by atoms with Gasteiger partial charge in [-0.1, -0.05) is 0 Å². The minimum atomic E-state index is -0.267. The van der Waals surface area contributed by atoms with E-state index >= 15 is 0 Å². The first-order valence-electron chi connectivity index (χ1n) is 6.47. The monoisotopic (exact) mass is 272 g/mol. The van der Waals surface area contributed by atoms with Gasteiger partial charge in [0.25, 0.3) is 0 Å². The molecule has 0 aromatic heterocycles. The number of methoxy groups -OCH3 is 1. The van der Waals surface area contributed by atoms with Crippen LogP contribution in [0.1, 0.15) is 0 Å². The van der Waals surface area contributed by atoms with Gasteiger partial charge in [0.2, 0.25) is 11.8 Å². The standard InChI is InChI=1S/C12H24N4O3/c1-15(2)12(18)10-8-13-4-6-16(10)9-11(17)14-5-7-19-3/h10,13H,4-9H2,1-3H3,(H,14,17). The van der Waals surface area contributed by atoms with Crippen LogP contribution in [0.15, 0.2) is 0 Å². The van der Waals surface area contributed by atoms with Crippen LogP contribution in [0.3, 0.4) is 0 Å². The molecule has 0 aromatic rings. The SMILES string of the molecule is COCCNC(=O)CN1CCNCC1C(=O)N(C)C. The summed E-state index contributed by atoms with van der Waals surface area (Å²) < 4.78 is 4.87. The number of nitrogens with zero attached hydrogens (tertiary/aromatic N) is 2. The van der Waals surface area contributed by atoms with E-state index in [1.807, 2.05) is 4.90 Å². The highest BCUT2D eigenvalue weighted by molar-refractivity contribution is 5.83. The molecule has 0 aromatic carbocycles. The Bertz CT molecular complexity index is 309. The molecule has 7 heteroatoms. The molecule has 110 valence electrons. The van der Waals surface area contributed by atoms with E-state index in [4.69, 9.17) is 4.74 Å².